The Bertz CT molecular complexity index is 579. The van der Waals surface area contributed by atoms with E-state index >= 15 is 0 Å². The van der Waals surface area contributed by atoms with Crippen LogP contribution in [0.1, 0.15) is 30.4 Å². The maximum atomic E-state index is 12.5. The fraction of sp³-hybridized carbons (Fsp3) is 0.588. The van der Waals surface area contributed by atoms with Gasteiger partial charge in [-0.15, -0.1) is 0 Å². The number of carbonyl (C=O) groups is 1. The van der Waals surface area contributed by atoms with Crippen LogP contribution in [0, 0.1) is 43.4 Å². The third-order valence-electron chi connectivity index (χ3n) is 5.84. The molecule has 0 aromatic heterocycles. The lowest BCUT2D eigenvalue weighted by atomic mass is 10.0. The topological polar surface area (TPSA) is 49.3 Å². The van der Waals surface area contributed by atoms with Crippen molar-refractivity contribution < 1.29 is 9.90 Å². The van der Waals surface area contributed by atoms with Gasteiger partial charge in [-0.05, 0) is 80.0 Å². The highest BCUT2D eigenvalue weighted by molar-refractivity contribution is 5.96. The highest BCUT2D eigenvalue weighted by atomic mass is 16.3. The van der Waals surface area contributed by atoms with Crippen molar-refractivity contribution in [2.24, 2.45) is 29.6 Å². The Morgan fingerprint density at radius 3 is 2.45 bits per heavy atom. The number of nitrogens with one attached hydrogen (secondary N) is 1. The smallest absolute Gasteiger partial charge is 0.228 e. The van der Waals surface area contributed by atoms with Crippen molar-refractivity contribution in [3.05, 3.63) is 23.3 Å². The molecule has 0 radical (unpaired) electrons. The van der Waals surface area contributed by atoms with Crippen molar-refractivity contribution in [1.82, 2.24) is 0 Å². The number of hydrogen-bond acceptors (Lipinski definition) is 2. The molecule has 0 saturated heterocycles. The molecule has 3 aliphatic rings. The van der Waals surface area contributed by atoms with Gasteiger partial charge in [0.15, 0.2) is 0 Å². The maximum Gasteiger partial charge on any atom is 0.228 e. The van der Waals surface area contributed by atoms with Crippen LogP contribution in [0.5, 0.6) is 5.75 Å². The Kier molecular flexibility index (Phi) is 2.45. The van der Waals surface area contributed by atoms with Crippen LogP contribution >= 0.6 is 0 Å². The van der Waals surface area contributed by atoms with Gasteiger partial charge < -0.3 is 10.4 Å². The molecule has 0 spiro atoms. The normalized spacial score (nSPS) is 36.8. The molecule has 4 unspecified atom stereocenters. The summed E-state index contributed by atoms with van der Waals surface area (Å²) in [6, 6.07) is 3.59. The van der Waals surface area contributed by atoms with E-state index < -0.39 is 0 Å². The number of benzene rings is 1. The average Bonchev–Trinajstić information content (AvgIpc) is 2.85. The molecular weight excluding hydrogens is 250 g/mol. The molecular formula is C17H21NO2. The summed E-state index contributed by atoms with van der Waals surface area (Å²) in [6.07, 6.45) is 4.05. The standard InChI is InChI=1S/C17H21NO2/c1-8-6-13(19)9(2)5-12(8)18-17(20)16-14-10-3-4-11(7-10)15(14)16/h5-6,10-11,14-16,19H,3-4,7H2,1-2H3,(H,18,20). The molecule has 1 amide bonds. The van der Waals surface area contributed by atoms with Crippen LogP contribution in [0.3, 0.4) is 0 Å². The first-order valence-electron chi connectivity index (χ1n) is 7.67. The zero-order valence-corrected chi connectivity index (χ0v) is 12.0. The number of phenolic OH excluding ortho intramolecular Hbond substituents is 1. The number of rotatable bonds is 2. The maximum absolute atomic E-state index is 12.5. The molecule has 3 saturated carbocycles. The fourth-order valence-corrected chi connectivity index (χ4v) is 4.83. The summed E-state index contributed by atoms with van der Waals surface area (Å²) in [7, 11) is 0. The van der Waals surface area contributed by atoms with E-state index in [1.165, 1.54) is 19.3 Å². The summed E-state index contributed by atoms with van der Waals surface area (Å²) in [4.78, 5) is 12.5. The molecule has 3 nitrogen and oxygen atoms in total. The molecule has 4 rings (SSSR count). The molecule has 4 atom stereocenters. The van der Waals surface area contributed by atoms with Gasteiger partial charge in [-0.3, -0.25) is 4.79 Å². The van der Waals surface area contributed by atoms with E-state index in [1.54, 1.807) is 6.07 Å². The molecule has 2 bridgehead atoms. The van der Waals surface area contributed by atoms with E-state index in [-0.39, 0.29) is 11.8 Å². The Hall–Kier alpha value is -1.51. The van der Waals surface area contributed by atoms with E-state index in [0.29, 0.717) is 17.6 Å². The van der Waals surface area contributed by atoms with Crippen molar-refractivity contribution in [1.29, 1.82) is 0 Å². The summed E-state index contributed by atoms with van der Waals surface area (Å²) in [5.41, 5.74) is 2.58. The molecule has 106 valence electrons. The number of carbonyl (C=O) groups excluding carboxylic acids is 1. The van der Waals surface area contributed by atoms with Crippen molar-refractivity contribution >= 4 is 11.6 Å². The number of aromatic hydroxyl groups is 1. The fourth-order valence-electron chi connectivity index (χ4n) is 4.83. The van der Waals surface area contributed by atoms with Gasteiger partial charge in [-0.2, -0.15) is 0 Å². The number of phenols is 1. The van der Waals surface area contributed by atoms with Crippen LogP contribution in [0.25, 0.3) is 0 Å². The zero-order valence-electron chi connectivity index (χ0n) is 12.0. The van der Waals surface area contributed by atoms with Crippen LogP contribution in [-0.4, -0.2) is 11.0 Å². The average molecular weight is 271 g/mol. The molecule has 1 aromatic carbocycles. The summed E-state index contributed by atoms with van der Waals surface area (Å²) in [5, 5.41) is 12.8. The number of amides is 1. The molecule has 3 fully saturated rings. The summed E-state index contributed by atoms with van der Waals surface area (Å²) in [5.74, 6) is 3.74. The van der Waals surface area contributed by atoms with E-state index in [0.717, 1.165) is 28.7 Å². The van der Waals surface area contributed by atoms with Gasteiger partial charge >= 0.3 is 0 Å². The van der Waals surface area contributed by atoms with E-state index in [9.17, 15) is 9.90 Å². The van der Waals surface area contributed by atoms with Gasteiger partial charge in [-0.1, -0.05) is 0 Å². The first-order chi connectivity index (χ1) is 9.56. The molecule has 3 aliphatic carbocycles. The first kappa shape index (κ1) is 12.2. The van der Waals surface area contributed by atoms with Gasteiger partial charge in [0.25, 0.3) is 0 Å². The van der Waals surface area contributed by atoms with Gasteiger partial charge in [0, 0.05) is 11.6 Å². The minimum absolute atomic E-state index is 0.199. The van der Waals surface area contributed by atoms with Gasteiger partial charge in [0.1, 0.15) is 5.75 Å². The van der Waals surface area contributed by atoms with Crippen molar-refractivity contribution in [2.75, 3.05) is 5.32 Å². The largest absolute Gasteiger partial charge is 0.508 e. The van der Waals surface area contributed by atoms with Crippen LogP contribution in [-0.2, 0) is 4.79 Å². The number of fused-ring (bicyclic) bond motifs is 5. The van der Waals surface area contributed by atoms with Gasteiger partial charge in [0.05, 0.1) is 0 Å². The third kappa shape index (κ3) is 1.62. The highest BCUT2D eigenvalue weighted by Gasteiger charge is 2.67. The van der Waals surface area contributed by atoms with E-state index in [2.05, 4.69) is 5.32 Å². The molecule has 20 heavy (non-hydrogen) atoms. The van der Waals surface area contributed by atoms with Crippen LogP contribution < -0.4 is 5.32 Å². The number of aryl methyl sites for hydroxylation is 2. The first-order valence-corrected chi connectivity index (χ1v) is 7.67. The van der Waals surface area contributed by atoms with E-state index in [4.69, 9.17) is 0 Å². The SMILES string of the molecule is Cc1cc(NC(=O)C2C3C4CCC(C4)C23)c(C)cc1O. The van der Waals surface area contributed by atoms with Gasteiger partial charge in [0.2, 0.25) is 5.91 Å². The van der Waals surface area contributed by atoms with Gasteiger partial charge in [-0.25, -0.2) is 0 Å². The monoisotopic (exact) mass is 271 g/mol. The summed E-state index contributed by atoms with van der Waals surface area (Å²) >= 11 is 0. The second-order valence-electron chi connectivity index (χ2n) is 6.96. The quantitative estimate of drug-likeness (QED) is 0.811. The molecule has 3 heteroatoms. The van der Waals surface area contributed by atoms with E-state index in [1.807, 2.05) is 19.9 Å². The summed E-state index contributed by atoms with van der Waals surface area (Å²) in [6.45, 7) is 3.78. The Labute approximate surface area is 119 Å². The second-order valence-corrected chi connectivity index (χ2v) is 6.96. The molecule has 2 N–H and O–H groups in total. The van der Waals surface area contributed by atoms with Crippen molar-refractivity contribution in [2.45, 2.75) is 33.1 Å². The lowest BCUT2D eigenvalue weighted by Crippen LogP contribution is -2.19. The minimum Gasteiger partial charge on any atom is -0.508 e. The second kappa shape index (κ2) is 4.00. The van der Waals surface area contributed by atoms with Crippen LogP contribution in [0.4, 0.5) is 5.69 Å². The lowest BCUT2D eigenvalue weighted by molar-refractivity contribution is -0.118. The molecule has 1 aromatic rings. The van der Waals surface area contributed by atoms with Crippen molar-refractivity contribution in [3.63, 3.8) is 0 Å². The highest BCUT2D eigenvalue weighted by Crippen LogP contribution is 2.69. The van der Waals surface area contributed by atoms with Crippen LogP contribution in [0.15, 0.2) is 12.1 Å². The molecule has 0 heterocycles. The molecule has 0 aliphatic heterocycles. The Balaban J connectivity index is 1.51. The Morgan fingerprint density at radius 1 is 1.15 bits per heavy atom. The predicted molar refractivity (Wildman–Crippen MR) is 77.5 cm³/mol. The number of anilines is 1. The number of hydrogen-bond donors (Lipinski definition) is 2. The minimum atomic E-state index is 0.199. The third-order valence-corrected chi connectivity index (χ3v) is 5.84. The lowest BCUT2D eigenvalue weighted by Gasteiger charge is -2.13. The van der Waals surface area contributed by atoms with Crippen molar-refractivity contribution in [3.8, 4) is 5.75 Å². The predicted octanol–water partition coefficient (Wildman–Crippen LogP) is 3.24. The Morgan fingerprint density at radius 2 is 1.80 bits per heavy atom. The van der Waals surface area contributed by atoms with Crippen LogP contribution in [0.2, 0.25) is 0 Å². The zero-order chi connectivity index (χ0) is 14.0. The summed E-state index contributed by atoms with van der Waals surface area (Å²) < 4.78 is 0.